The van der Waals surface area contributed by atoms with Crippen molar-refractivity contribution in [3.05, 3.63) is 23.8 Å². The first kappa shape index (κ1) is 9.85. The average Bonchev–Trinajstić information content (AvgIpc) is 2.01. The number of carboxylic acids is 1. The van der Waals surface area contributed by atoms with E-state index in [1.807, 2.05) is 0 Å². The van der Waals surface area contributed by atoms with Gasteiger partial charge in [0.2, 0.25) is 0 Å². The summed E-state index contributed by atoms with van der Waals surface area (Å²) in [5.41, 5.74) is 11.3. The maximum atomic E-state index is 10.6. The van der Waals surface area contributed by atoms with Gasteiger partial charge in [-0.1, -0.05) is 0 Å². The fourth-order valence-electron chi connectivity index (χ4n) is 1.00. The molecule has 0 aliphatic heterocycles. The molecule has 6 heteroatoms. The molecule has 0 saturated heterocycles. The summed E-state index contributed by atoms with van der Waals surface area (Å²) in [5, 5.41) is 18.1. The topological polar surface area (TPSA) is 125 Å². The van der Waals surface area contributed by atoms with E-state index in [4.69, 9.17) is 22.0 Å². The third kappa shape index (κ3) is 2.37. The number of carboxylic acid groups (broad SMARTS) is 1. The highest BCUT2D eigenvalue weighted by Gasteiger charge is 2.05. The summed E-state index contributed by atoms with van der Waals surface area (Å²) in [5.74, 6) is -1.35. The van der Waals surface area contributed by atoms with Crippen molar-refractivity contribution in [1.29, 1.82) is 5.41 Å². The fraction of sp³-hybridized carbons (Fsp3) is 0. The molecule has 0 atom stereocenters. The number of nitrogens with two attached hydrogens (primary N) is 2. The fourth-order valence-corrected chi connectivity index (χ4v) is 1.00. The SMILES string of the molecule is N=C(N)Nc1cc(N)cc(C(=O)O)c1. The van der Waals surface area contributed by atoms with Crippen molar-refractivity contribution in [2.24, 2.45) is 5.73 Å². The number of rotatable bonds is 2. The van der Waals surface area contributed by atoms with Crippen LogP contribution in [0.5, 0.6) is 0 Å². The molecule has 0 radical (unpaired) electrons. The number of benzene rings is 1. The number of hydrogen-bond donors (Lipinski definition) is 5. The van der Waals surface area contributed by atoms with Crippen LogP contribution >= 0.6 is 0 Å². The highest BCUT2D eigenvalue weighted by atomic mass is 16.4. The monoisotopic (exact) mass is 194 g/mol. The molecule has 0 heterocycles. The van der Waals surface area contributed by atoms with Gasteiger partial charge in [0.05, 0.1) is 5.56 Å². The smallest absolute Gasteiger partial charge is 0.335 e. The number of nitrogens with one attached hydrogen (secondary N) is 2. The Morgan fingerprint density at radius 1 is 1.43 bits per heavy atom. The molecule has 0 amide bonds. The molecule has 1 aromatic rings. The van der Waals surface area contributed by atoms with Crippen LogP contribution in [-0.4, -0.2) is 17.0 Å². The van der Waals surface area contributed by atoms with Crippen LogP contribution in [-0.2, 0) is 0 Å². The van der Waals surface area contributed by atoms with Crippen LogP contribution in [0.15, 0.2) is 18.2 Å². The third-order valence-corrected chi connectivity index (χ3v) is 1.48. The second-order valence-corrected chi connectivity index (χ2v) is 2.69. The average molecular weight is 194 g/mol. The minimum Gasteiger partial charge on any atom is -0.478 e. The van der Waals surface area contributed by atoms with Gasteiger partial charge in [-0.2, -0.15) is 0 Å². The van der Waals surface area contributed by atoms with E-state index in [9.17, 15) is 4.79 Å². The van der Waals surface area contributed by atoms with Gasteiger partial charge in [0.25, 0.3) is 0 Å². The van der Waals surface area contributed by atoms with Crippen LogP contribution in [0.25, 0.3) is 0 Å². The molecular weight excluding hydrogens is 184 g/mol. The van der Waals surface area contributed by atoms with Gasteiger partial charge in [0, 0.05) is 11.4 Å². The van der Waals surface area contributed by atoms with Gasteiger partial charge in [0.1, 0.15) is 0 Å². The first-order valence-electron chi connectivity index (χ1n) is 3.74. The lowest BCUT2D eigenvalue weighted by molar-refractivity contribution is 0.0697. The van der Waals surface area contributed by atoms with Crippen LogP contribution in [0.2, 0.25) is 0 Å². The van der Waals surface area contributed by atoms with Gasteiger partial charge in [0.15, 0.2) is 5.96 Å². The molecule has 0 spiro atoms. The Balaban J connectivity index is 3.07. The third-order valence-electron chi connectivity index (χ3n) is 1.48. The molecule has 7 N–H and O–H groups in total. The Hall–Kier alpha value is -2.24. The largest absolute Gasteiger partial charge is 0.478 e. The molecule has 0 aliphatic carbocycles. The van der Waals surface area contributed by atoms with E-state index in [1.165, 1.54) is 18.2 Å². The summed E-state index contributed by atoms with van der Waals surface area (Å²) in [4.78, 5) is 10.6. The summed E-state index contributed by atoms with van der Waals surface area (Å²) in [6.07, 6.45) is 0. The van der Waals surface area contributed by atoms with Crippen LogP contribution < -0.4 is 16.8 Å². The van der Waals surface area contributed by atoms with Crippen molar-refractivity contribution in [2.45, 2.75) is 0 Å². The van der Waals surface area contributed by atoms with E-state index in [0.29, 0.717) is 11.4 Å². The maximum absolute atomic E-state index is 10.6. The quantitative estimate of drug-likeness (QED) is 0.262. The molecule has 0 aromatic heterocycles. The summed E-state index contributed by atoms with van der Waals surface area (Å²) < 4.78 is 0. The highest BCUT2D eigenvalue weighted by Crippen LogP contribution is 2.16. The van der Waals surface area contributed by atoms with Crippen molar-refractivity contribution in [3.63, 3.8) is 0 Å². The second-order valence-electron chi connectivity index (χ2n) is 2.69. The lowest BCUT2D eigenvalue weighted by atomic mass is 10.2. The molecule has 0 saturated carbocycles. The van der Waals surface area contributed by atoms with E-state index in [0.717, 1.165) is 0 Å². The molecule has 0 fully saturated rings. The molecule has 1 rings (SSSR count). The van der Waals surface area contributed by atoms with Crippen LogP contribution in [0, 0.1) is 5.41 Å². The lowest BCUT2D eigenvalue weighted by Crippen LogP contribution is -2.20. The molecule has 14 heavy (non-hydrogen) atoms. The van der Waals surface area contributed by atoms with E-state index in [2.05, 4.69) is 5.32 Å². The van der Waals surface area contributed by atoms with Crippen molar-refractivity contribution in [3.8, 4) is 0 Å². The molecule has 1 aromatic carbocycles. The summed E-state index contributed by atoms with van der Waals surface area (Å²) in [6, 6.07) is 4.17. The van der Waals surface area contributed by atoms with E-state index in [-0.39, 0.29) is 11.5 Å². The van der Waals surface area contributed by atoms with Crippen molar-refractivity contribution >= 4 is 23.3 Å². The van der Waals surface area contributed by atoms with Gasteiger partial charge in [-0.15, -0.1) is 0 Å². The Morgan fingerprint density at radius 2 is 2.07 bits per heavy atom. The normalized spacial score (nSPS) is 9.43. The lowest BCUT2D eigenvalue weighted by Gasteiger charge is -2.05. The summed E-state index contributed by atoms with van der Waals surface area (Å²) >= 11 is 0. The van der Waals surface area contributed by atoms with Crippen molar-refractivity contribution < 1.29 is 9.90 Å². The zero-order valence-corrected chi connectivity index (χ0v) is 7.24. The predicted molar refractivity (Wildman–Crippen MR) is 53.4 cm³/mol. The predicted octanol–water partition coefficient (Wildman–Crippen LogP) is 0.272. The Labute approximate surface area is 80.0 Å². The standard InChI is InChI=1S/C8H10N4O2/c9-5-1-4(7(13)14)2-6(3-5)12-8(10)11/h1-3H,9H2,(H,13,14)(H4,10,11,12). The maximum Gasteiger partial charge on any atom is 0.335 e. The molecule has 6 nitrogen and oxygen atoms in total. The van der Waals surface area contributed by atoms with Crippen LogP contribution in [0.1, 0.15) is 10.4 Å². The molecular formula is C8H10N4O2. The van der Waals surface area contributed by atoms with Crippen LogP contribution in [0.4, 0.5) is 11.4 Å². The number of hydrogen-bond acceptors (Lipinski definition) is 3. The number of carbonyl (C=O) groups is 1. The van der Waals surface area contributed by atoms with Crippen molar-refractivity contribution in [1.82, 2.24) is 0 Å². The van der Waals surface area contributed by atoms with Gasteiger partial charge < -0.3 is 21.9 Å². The van der Waals surface area contributed by atoms with Gasteiger partial charge in [-0.25, -0.2) is 4.79 Å². The number of anilines is 2. The molecule has 74 valence electrons. The molecule has 0 aliphatic rings. The Bertz CT molecular complexity index is 389. The highest BCUT2D eigenvalue weighted by molar-refractivity contribution is 5.94. The first-order chi connectivity index (χ1) is 6.49. The minimum absolute atomic E-state index is 0.0498. The summed E-state index contributed by atoms with van der Waals surface area (Å²) in [7, 11) is 0. The number of aromatic carboxylic acids is 1. The van der Waals surface area contributed by atoms with Crippen molar-refractivity contribution in [2.75, 3.05) is 11.1 Å². The Morgan fingerprint density at radius 3 is 2.57 bits per heavy atom. The second kappa shape index (κ2) is 3.65. The van der Waals surface area contributed by atoms with Gasteiger partial charge in [-0.05, 0) is 18.2 Å². The van der Waals surface area contributed by atoms with E-state index >= 15 is 0 Å². The number of guanidine groups is 1. The Kier molecular flexibility index (Phi) is 2.57. The van der Waals surface area contributed by atoms with Gasteiger partial charge in [-0.3, -0.25) is 5.41 Å². The summed E-state index contributed by atoms with van der Waals surface area (Å²) in [6.45, 7) is 0. The minimum atomic E-state index is -1.08. The zero-order valence-electron chi connectivity index (χ0n) is 7.24. The van der Waals surface area contributed by atoms with Crippen LogP contribution in [0.3, 0.4) is 0 Å². The molecule has 0 bridgehead atoms. The zero-order chi connectivity index (χ0) is 10.7. The first-order valence-corrected chi connectivity index (χ1v) is 3.74. The van der Waals surface area contributed by atoms with Gasteiger partial charge >= 0.3 is 5.97 Å². The van der Waals surface area contributed by atoms with E-state index < -0.39 is 5.97 Å². The van der Waals surface area contributed by atoms with E-state index in [1.54, 1.807) is 0 Å². The molecule has 0 unspecified atom stereocenters. The number of nitrogen functional groups attached to an aromatic ring is 1.